The first-order valence-corrected chi connectivity index (χ1v) is 10.9. The summed E-state index contributed by atoms with van der Waals surface area (Å²) >= 11 is 7.80. The molecule has 0 N–H and O–H groups in total. The number of carbonyl (C=O) groups is 1. The number of amides is 1. The van der Waals surface area contributed by atoms with Gasteiger partial charge in [-0.15, -0.1) is 0 Å². The molecule has 1 fully saturated rings. The summed E-state index contributed by atoms with van der Waals surface area (Å²) in [6, 6.07) is 7.52. The van der Waals surface area contributed by atoms with Crippen LogP contribution in [0.25, 0.3) is 10.2 Å². The average molecular weight is 434 g/mol. The summed E-state index contributed by atoms with van der Waals surface area (Å²) in [5, 5.41) is 5.59. The van der Waals surface area contributed by atoms with Crippen molar-refractivity contribution >= 4 is 44.2 Å². The summed E-state index contributed by atoms with van der Waals surface area (Å²) in [7, 11) is 1.79. The second-order valence-electron chi connectivity index (χ2n) is 7.14. The highest BCUT2D eigenvalue weighted by Crippen LogP contribution is 2.33. The van der Waals surface area contributed by atoms with Crippen LogP contribution in [-0.4, -0.2) is 65.0 Å². The first-order valence-electron chi connectivity index (χ1n) is 9.70. The van der Waals surface area contributed by atoms with Crippen LogP contribution in [0.3, 0.4) is 0 Å². The average Bonchev–Trinajstić information content (AvgIpc) is 3.29. The minimum atomic E-state index is -0.0924. The Hall–Kier alpha value is -2.00. The zero-order valence-corrected chi connectivity index (χ0v) is 18.2. The van der Waals surface area contributed by atoms with E-state index < -0.39 is 0 Å². The van der Waals surface area contributed by atoms with Gasteiger partial charge >= 0.3 is 0 Å². The summed E-state index contributed by atoms with van der Waals surface area (Å²) < 4.78 is 8.02. The minimum Gasteiger partial charge on any atom is -0.379 e. The standard InChI is InChI=1S/C20H24ClN5O2S/c1-14-13-16(24(2)23-14)19(27)26(8-4-7-25-9-11-28-12-10-25)20-22-18-15(21)5-3-6-17(18)29-20/h3,5-6,13H,4,7-12H2,1-2H3. The number of thiazole rings is 1. The number of hydrogen-bond donors (Lipinski definition) is 0. The van der Waals surface area contributed by atoms with Crippen LogP contribution in [-0.2, 0) is 11.8 Å². The predicted octanol–water partition coefficient (Wildman–Crippen LogP) is 3.36. The highest BCUT2D eigenvalue weighted by molar-refractivity contribution is 7.22. The van der Waals surface area contributed by atoms with Crippen LogP contribution >= 0.6 is 22.9 Å². The van der Waals surface area contributed by atoms with Crippen molar-refractivity contribution in [3.05, 3.63) is 40.7 Å². The lowest BCUT2D eigenvalue weighted by molar-refractivity contribution is 0.0376. The van der Waals surface area contributed by atoms with Gasteiger partial charge in [-0.25, -0.2) is 4.98 Å². The fourth-order valence-electron chi connectivity index (χ4n) is 3.53. The Kier molecular flexibility index (Phi) is 6.15. The van der Waals surface area contributed by atoms with E-state index in [9.17, 15) is 4.79 Å². The van der Waals surface area contributed by atoms with Crippen molar-refractivity contribution in [1.29, 1.82) is 0 Å². The molecule has 0 bridgehead atoms. The molecule has 1 amide bonds. The fraction of sp³-hybridized carbons (Fsp3) is 0.450. The molecular weight excluding hydrogens is 410 g/mol. The molecule has 4 rings (SSSR count). The number of carbonyl (C=O) groups excluding carboxylic acids is 1. The molecule has 7 nitrogen and oxygen atoms in total. The summed E-state index contributed by atoms with van der Waals surface area (Å²) in [6.45, 7) is 6.80. The number of halogens is 1. The number of nitrogens with zero attached hydrogens (tertiary/aromatic N) is 5. The molecule has 0 unspecified atom stereocenters. The molecular formula is C20H24ClN5O2S. The molecule has 1 aliphatic rings. The van der Waals surface area contributed by atoms with Gasteiger partial charge in [0.2, 0.25) is 0 Å². The smallest absolute Gasteiger partial charge is 0.278 e. The topological polar surface area (TPSA) is 63.5 Å². The second kappa shape index (κ2) is 8.79. The van der Waals surface area contributed by atoms with Gasteiger partial charge in [0.05, 0.1) is 28.6 Å². The van der Waals surface area contributed by atoms with E-state index in [0.717, 1.165) is 55.2 Å². The zero-order valence-electron chi connectivity index (χ0n) is 16.6. The van der Waals surface area contributed by atoms with E-state index in [4.69, 9.17) is 16.3 Å². The van der Waals surface area contributed by atoms with E-state index in [1.165, 1.54) is 11.3 Å². The van der Waals surface area contributed by atoms with E-state index in [0.29, 0.717) is 22.4 Å². The number of morpholine rings is 1. The van der Waals surface area contributed by atoms with Gasteiger partial charge in [-0.2, -0.15) is 5.10 Å². The summed E-state index contributed by atoms with van der Waals surface area (Å²) in [6.07, 6.45) is 0.853. The van der Waals surface area contributed by atoms with Crippen molar-refractivity contribution < 1.29 is 9.53 Å². The predicted molar refractivity (Wildman–Crippen MR) is 116 cm³/mol. The van der Waals surface area contributed by atoms with Crippen LogP contribution in [0.5, 0.6) is 0 Å². The first kappa shape index (κ1) is 20.3. The Bertz CT molecular complexity index is 1010. The molecule has 0 radical (unpaired) electrons. The number of fused-ring (bicyclic) bond motifs is 1. The van der Waals surface area contributed by atoms with E-state index in [1.807, 2.05) is 31.2 Å². The Morgan fingerprint density at radius 1 is 1.34 bits per heavy atom. The summed E-state index contributed by atoms with van der Waals surface area (Å²) in [5.41, 5.74) is 2.11. The summed E-state index contributed by atoms with van der Waals surface area (Å²) in [5.74, 6) is -0.0924. The second-order valence-corrected chi connectivity index (χ2v) is 8.56. The number of aryl methyl sites for hydroxylation is 2. The lowest BCUT2D eigenvalue weighted by atomic mass is 10.3. The SMILES string of the molecule is Cc1cc(C(=O)N(CCCN2CCOCC2)c2nc3c(Cl)cccc3s2)n(C)n1. The zero-order chi connectivity index (χ0) is 20.4. The molecule has 9 heteroatoms. The monoisotopic (exact) mass is 433 g/mol. The molecule has 154 valence electrons. The first-order chi connectivity index (χ1) is 14.0. The fourth-order valence-corrected chi connectivity index (χ4v) is 4.82. The number of hydrogen-bond acceptors (Lipinski definition) is 6. The van der Waals surface area contributed by atoms with Crippen molar-refractivity contribution in [3.63, 3.8) is 0 Å². The van der Waals surface area contributed by atoms with Crippen molar-refractivity contribution in [2.24, 2.45) is 7.05 Å². The van der Waals surface area contributed by atoms with Crippen molar-refractivity contribution in [2.75, 3.05) is 44.3 Å². The van der Waals surface area contributed by atoms with E-state index in [2.05, 4.69) is 15.0 Å². The van der Waals surface area contributed by atoms with Crippen LogP contribution in [0, 0.1) is 6.92 Å². The quantitative estimate of drug-likeness (QED) is 0.596. The van der Waals surface area contributed by atoms with Crippen LogP contribution in [0.15, 0.2) is 24.3 Å². The molecule has 0 aliphatic carbocycles. The maximum Gasteiger partial charge on any atom is 0.278 e. The van der Waals surface area contributed by atoms with Gasteiger partial charge in [-0.1, -0.05) is 29.0 Å². The van der Waals surface area contributed by atoms with Crippen molar-refractivity contribution in [2.45, 2.75) is 13.3 Å². The Morgan fingerprint density at radius 3 is 2.83 bits per heavy atom. The number of anilines is 1. The van der Waals surface area contributed by atoms with Gasteiger partial charge in [-0.05, 0) is 31.5 Å². The van der Waals surface area contributed by atoms with Gasteiger partial charge < -0.3 is 4.74 Å². The van der Waals surface area contributed by atoms with Gasteiger partial charge in [0.1, 0.15) is 11.2 Å². The largest absolute Gasteiger partial charge is 0.379 e. The molecule has 3 aromatic rings. The third kappa shape index (κ3) is 4.45. The van der Waals surface area contributed by atoms with Crippen molar-refractivity contribution in [1.82, 2.24) is 19.7 Å². The lowest BCUT2D eigenvalue weighted by Gasteiger charge is -2.27. The number of para-hydroxylation sites is 1. The molecule has 1 saturated heterocycles. The van der Waals surface area contributed by atoms with Crippen LogP contribution in [0.2, 0.25) is 5.02 Å². The molecule has 0 saturated carbocycles. The third-order valence-electron chi connectivity index (χ3n) is 5.02. The Labute approximate surface area is 178 Å². The van der Waals surface area contributed by atoms with Crippen molar-refractivity contribution in [3.8, 4) is 0 Å². The van der Waals surface area contributed by atoms with Gasteiger partial charge in [-0.3, -0.25) is 19.3 Å². The molecule has 1 aromatic carbocycles. The maximum absolute atomic E-state index is 13.4. The molecule has 3 heterocycles. The highest BCUT2D eigenvalue weighted by atomic mass is 35.5. The number of rotatable bonds is 6. The van der Waals surface area contributed by atoms with Crippen LogP contribution in [0.4, 0.5) is 5.13 Å². The van der Waals surface area contributed by atoms with Gasteiger partial charge in [0.25, 0.3) is 5.91 Å². The van der Waals surface area contributed by atoms with Gasteiger partial charge in [0, 0.05) is 33.2 Å². The van der Waals surface area contributed by atoms with E-state index >= 15 is 0 Å². The van der Waals surface area contributed by atoms with E-state index in [1.54, 1.807) is 16.6 Å². The van der Waals surface area contributed by atoms with Crippen LogP contribution in [0.1, 0.15) is 22.6 Å². The number of ether oxygens (including phenoxy) is 1. The van der Waals surface area contributed by atoms with Gasteiger partial charge in [0.15, 0.2) is 5.13 Å². The normalized spacial score (nSPS) is 15.1. The van der Waals surface area contributed by atoms with E-state index in [-0.39, 0.29) is 5.91 Å². The molecule has 29 heavy (non-hydrogen) atoms. The Morgan fingerprint density at radius 2 is 2.14 bits per heavy atom. The Balaban J connectivity index is 1.59. The molecule has 1 aliphatic heterocycles. The number of benzene rings is 1. The van der Waals surface area contributed by atoms with Crippen LogP contribution < -0.4 is 4.90 Å². The lowest BCUT2D eigenvalue weighted by Crippen LogP contribution is -2.39. The minimum absolute atomic E-state index is 0.0924. The maximum atomic E-state index is 13.4. The molecule has 0 atom stereocenters. The summed E-state index contributed by atoms with van der Waals surface area (Å²) in [4.78, 5) is 22.2. The molecule has 0 spiro atoms. The third-order valence-corrected chi connectivity index (χ3v) is 6.36. The highest BCUT2D eigenvalue weighted by Gasteiger charge is 2.24. The molecule has 2 aromatic heterocycles. The number of aromatic nitrogens is 3.